The van der Waals surface area contributed by atoms with Crippen molar-refractivity contribution >= 4 is 11.8 Å². The van der Waals surface area contributed by atoms with Gasteiger partial charge in [0.2, 0.25) is 5.91 Å². The number of alkyl halides is 3. The quantitative estimate of drug-likeness (QED) is 0.898. The van der Waals surface area contributed by atoms with Crippen LogP contribution < -0.4 is 5.73 Å². The zero-order valence-corrected chi connectivity index (χ0v) is 14.1. The fraction of sp³-hybridized carbons (Fsp3) is 0.529. The average Bonchev–Trinajstić information content (AvgIpc) is 2.58. The van der Waals surface area contributed by atoms with Crippen LogP contribution in [0.3, 0.4) is 0 Å². The second-order valence-corrected chi connectivity index (χ2v) is 6.27. The van der Waals surface area contributed by atoms with Crippen molar-refractivity contribution in [2.45, 2.75) is 32.0 Å². The van der Waals surface area contributed by atoms with Gasteiger partial charge >= 0.3 is 6.18 Å². The van der Waals surface area contributed by atoms with Crippen molar-refractivity contribution in [1.82, 2.24) is 9.80 Å². The molecule has 0 saturated carbocycles. The summed E-state index contributed by atoms with van der Waals surface area (Å²) in [6, 6.07) is 4.35. The summed E-state index contributed by atoms with van der Waals surface area (Å²) >= 11 is 0. The van der Waals surface area contributed by atoms with Crippen molar-refractivity contribution in [3.63, 3.8) is 0 Å². The van der Waals surface area contributed by atoms with E-state index in [-0.39, 0.29) is 17.5 Å². The van der Waals surface area contributed by atoms with Crippen LogP contribution in [0.4, 0.5) is 13.2 Å². The van der Waals surface area contributed by atoms with Crippen LogP contribution in [-0.2, 0) is 11.0 Å². The summed E-state index contributed by atoms with van der Waals surface area (Å²) in [5, 5.41) is 0. The molecule has 1 aliphatic rings. The van der Waals surface area contributed by atoms with Gasteiger partial charge in [-0.2, -0.15) is 13.2 Å². The van der Waals surface area contributed by atoms with Gasteiger partial charge in [0.15, 0.2) is 0 Å². The minimum atomic E-state index is -4.48. The molecule has 0 radical (unpaired) electrons. The van der Waals surface area contributed by atoms with Crippen LogP contribution in [0.25, 0.3) is 0 Å². The fourth-order valence-electron chi connectivity index (χ4n) is 2.68. The molecule has 0 aliphatic carbocycles. The number of halogens is 3. The standard InChI is InChI=1S/C17H22F3N3O2/c1-12(21)5-6-15(24)22-7-9-23(10-8-22)16(25)13-3-2-4-14(11-13)17(18,19)20/h2-4,11-12H,5-10,21H2,1H3. The van der Waals surface area contributed by atoms with Gasteiger partial charge in [0.1, 0.15) is 0 Å². The highest BCUT2D eigenvalue weighted by molar-refractivity contribution is 5.94. The number of benzene rings is 1. The Bertz CT molecular complexity index is 624. The van der Waals surface area contributed by atoms with E-state index in [0.717, 1.165) is 12.1 Å². The van der Waals surface area contributed by atoms with Crippen molar-refractivity contribution in [2.75, 3.05) is 26.2 Å². The van der Waals surface area contributed by atoms with Gasteiger partial charge in [-0.3, -0.25) is 9.59 Å². The first-order chi connectivity index (χ1) is 11.7. The molecule has 2 amide bonds. The molecule has 1 saturated heterocycles. The molecule has 2 rings (SSSR count). The topological polar surface area (TPSA) is 66.6 Å². The van der Waals surface area contributed by atoms with Gasteiger partial charge in [-0.05, 0) is 31.5 Å². The van der Waals surface area contributed by atoms with Crippen LogP contribution in [-0.4, -0.2) is 53.8 Å². The summed E-state index contributed by atoms with van der Waals surface area (Å²) in [6.45, 7) is 3.20. The molecule has 138 valence electrons. The van der Waals surface area contributed by atoms with Gasteiger partial charge in [-0.25, -0.2) is 0 Å². The maximum atomic E-state index is 12.8. The number of nitrogens with two attached hydrogens (primary N) is 1. The first-order valence-electron chi connectivity index (χ1n) is 8.18. The van der Waals surface area contributed by atoms with E-state index in [1.54, 1.807) is 4.90 Å². The van der Waals surface area contributed by atoms with Crippen LogP contribution in [0.1, 0.15) is 35.7 Å². The third-order valence-electron chi connectivity index (χ3n) is 4.17. The third-order valence-corrected chi connectivity index (χ3v) is 4.17. The van der Waals surface area contributed by atoms with Crippen LogP contribution in [0.15, 0.2) is 24.3 Å². The molecule has 5 nitrogen and oxygen atoms in total. The van der Waals surface area contributed by atoms with Crippen LogP contribution in [0.5, 0.6) is 0 Å². The molecule has 8 heteroatoms. The number of nitrogens with zero attached hydrogens (tertiary/aromatic N) is 2. The fourth-order valence-corrected chi connectivity index (χ4v) is 2.68. The minimum Gasteiger partial charge on any atom is -0.339 e. The molecular formula is C17H22F3N3O2. The van der Waals surface area contributed by atoms with E-state index in [2.05, 4.69) is 0 Å². The summed E-state index contributed by atoms with van der Waals surface area (Å²) in [5.41, 5.74) is 4.80. The Kier molecular flexibility index (Phi) is 6.05. The first kappa shape index (κ1) is 19.2. The molecule has 1 atom stereocenters. The molecule has 1 fully saturated rings. The van der Waals surface area contributed by atoms with Crippen molar-refractivity contribution < 1.29 is 22.8 Å². The summed E-state index contributed by atoms with van der Waals surface area (Å²) < 4.78 is 38.3. The maximum Gasteiger partial charge on any atom is 0.416 e. The van der Waals surface area contributed by atoms with Gasteiger partial charge in [-0.15, -0.1) is 0 Å². The molecule has 0 bridgehead atoms. The van der Waals surface area contributed by atoms with Crippen LogP contribution in [0.2, 0.25) is 0 Å². The number of hydrogen-bond donors (Lipinski definition) is 1. The normalized spacial score (nSPS) is 16.7. The molecule has 1 heterocycles. The zero-order chi connectivity index (χ0) is 18.6. The summed E-state index contributed by atoms with van der Waals surface area (Å²) in [4.78, 5) is 27.6. The van der Waals surface area contributed by atoms with Crippen molar-refractivity contribution in [3.8, 4) is 0 Å². The average molecular weight is 357 g/mol. The lowest BCUT2D eigenvalue weighted by atomic mass is 10.1. The van der Waals surface area contributed by atoms with E-state index in [9.17, 15) is 22.8 Å². The van der Waals surface area contributed by atoms with E-state index < -0.39 is 17.6 Å². The van der Waals surface area contributed by atoms with Crippen LogP contribution >= 0.6 is 0 Å². The highest BCUT2D eigenvalue weighted by Crippen LogP contribution is 2.29. The number of carbonyl (C=O) groups is 2. The number of hydrogen-bond acceptors (Lipinski definition) is 3. The predicted octanol–water partition coefficient (Wildman–Crippen LogP) is 2.12. The second kappa shape index (κ2) is 7.86. The van der Waals surface area contributed by atoms with Crippen LogP contribution in [0, 0.1) is 0 Å². The predicted molar refractivity (Wildman–Crippen MR) is 86.8 cm³/mol. The third kappa shape index (κ3) is 5.19. The molecule has 0 aromatic heterocycles. The molecular weight excluding hydrogens is 335 g/mol. The van der Waals surface area contributed by atoms with Crippen molar-refractivity contribution in [2.24, 2.45) is 5.73 Å². The lowest BCUT2D eigenvalue weighted by Gasteiger charge is -2.35. The smallest absolute Gasteiger partial charge is 0.339 e. The van der Waals surface area contributed by atoms with E-state index in [0.29, 0.717) is 39.0 Å². The largest absolute Gasteiger partial charge is 0.416 e. The molecule has 1 aromatic rings. The number of carbonyl (C=O) groups excluding carboxylic acids is 2. The Labute approximate surface area is 144 Å². The van der Waals surface area contributed by atoms with Crippen molar-refractivity contribution in [3.05, 3.63) is 35.4 Å². The lowest BCUT2D eigenvalue weighted by Crippen LogP contribution is -2.50. The summed E-state index contributed by atoms with van der Waals surface area (Å²) in [7, 11) is 0. The number of amides is 2. The molecule has 1 unspecified atom stereocenters. The van der Waals surface area contributed by atoms with Crippen molar-refractivity contribution in [1.29, 1.82) is 0 Å². The van der Waals surface area contributed by atoms with Gasteiger partial charge in [0.05, 0.1) is 5.56 Å². The highest BCUT2D eigenvalue weighted by Gasteiger charge is 2.32. The first-order valence-corrected chi connectivity index (χ1v) is 8.18. The molecule has 25 heavy (non-hydrogen) atoms. The molecule has 1 aliphatic heterocycles. The maximum absolute atomic E-state index is 12.8. The van der Waals surface area contributed by atoms with E-state index >= 15 is 0 Å². The summed E-state index contributed by atoms with van der Waals surface area (Å²) in [6.07, 6.45) is -3.52. The van der Waals surface area contributed by atoms with Gasteiger partial charge < -0.3 is 15.5 Å². The number of piperazine rings is 1. The molecule has 2 N–H and O–H groups in total. The summed E-state index contributed by atoms with van der Waals surface area (Å²) in [5.74, 6) is -0.461. The Hall–Kier alpha value is -2.09. The highest BCUT2D eigenvalue weighted by atomic mass is 19.4. The monoisotopic (exact) mass is 357 g/mol. The molecule has 0 spiro atoms. The molecule has 1 aromatic carbocycles. The Morgan fingerprint density at radius 3 is 2.32 bits per heavy atom. The van der Waals surface area contributed by atoms with Gasteiger partial charge in [0, 0.05) is 44.2 Å². The minimum absolute atomic E-state index is 0.00607. The Morgan fingerprint density at radius 2 is 1.76 bits per heavy atom. The zero-order valence-electron chi connectivity index (χ0n) is 14.1. The van der Waals surface area contributed by atoms with E-state index in [4.69, 9.17) is 5.73 Å². The van der Waals surface area contributed by atoms with Gasteiger partial charge in [-0.1, -0.05) is 6.07 Å². The van der Waals surface area contributed by atoms with Gasteiger partial charge in [0.25, 0.3) is 5.91 Å². The van der Waals surface area contributed by atoms with E-state index in [1.165, 1.54) is 17.0 Å². The second-order valence-electron chi connectivity index (χ2n) is 6.27. The number of rotatable bonds is 4. The SMILES string of the molecule is CC(N)CCC(=O)N1CCN(C(=O)c2cccc(C(F)(F)F)c2)CC1. The Balaban J connectivity index is 1.94. The Morgan fingerprint density at radius 1 is 1.16 bits per heavy atom. The van der Waals surface area contributed by atoms with E-state index in [1.807, 2.05) is 6.92 Å². The lowest BCUT2D eigenvalue weighted by molar-refractivity contribution is -0.137.